The van der Waals surface area contributed by atoms with Crippen molar-refractivity contribution in [1.82, 2.24) is 4.98 Å². The molecule has 0 spiro atoms. The van der Waals surface area contributed by atoms with Crippen molar-refractivity contribution in [1.29, 1.82) is 0 Å². The number of nitrogen functional groups attached to an aromatic ring is 1. The number of hydrogen-bond acceptors (Lipinski definition) is 4. The lowest BCUT2D eigenvalue weighted by Gasteiger charge is -2.13. The van der Waals surface area contributed by atoms with E-state index in [1.807, 2.05) is 6.07 Å². The predicted molar refractivity (Wildman–Crippen MR) is 77.6 cm³/mol. The summed E-state index contributed by atoms with van der Waals surface area (Å²) in [6.07, 6.45) is 1.64. The Morgan fingerprint density at radius 2 is 2.10 bits per heavy atom. The molecule has 5 heteroatoms. The van der Waals surface area contributed by atoms with Crippen molar-refractivity contribution in [3.8, 4) is 0 Å². The maximum absolute atomic E-state index is 12.4. The number of furan rings is 1. The van der Waals surface area contributed by atoms with Gasteiger partial charge in [-0.05, 0) is 36.4 Å². The standard InChI is InChI=1S/C15H13N3O2/c1-18(14-4-2-3-7-17-14)15(19)13-9-10-8-11(16)5-6-12(10)20-13/h2-9H,16H2,1H3. The van der Waals surface area contributed by atoms with Crippen molar-refractivity contribution in [2.24, 2.45) is 0 Å². The van der Waals surface area contributed by atoms with Crippen molar-refractivity contribution >= 4 is 28.4 Å². The van der Waals surface area contributed by atoms with Crippen molar-refractivity contribution in [2.75, 3.05) is 17.7 Å². The van der Waals surface area contributed by atoms with Gasteiger partial charge in [-0.15, -0.1) is 0 Å². The summed E-state index contributed by atoms with van der Waals surface area (Å²) in [6, 6.07) is 12.3. The maximum Gasteiger partial charge on any atom is 0.294 e. The molecule has 0 aliphatic heterocycles. The molecule has 0 aliphatic rings. The highest BCUT2D eigenvalue weighted by molar-refractivity contribution is 6.05. The molecule has 2 N–H and O–H groups in total. The van der Waals surface area contributed by atoms with Crippen LogP contribution < -0.4 is 10.6 Å². The molecule has 1 aromatic carbocycles. The summed E-state index contributed by atoms with van der Waals surface area (Å²) in [5, 5.41) is 0.808. The van der Waals surface area contributed by atoms with Crippen LogP contribution in [-0.4, -0.2) is 17.9 Å². The largest absolute Gasteiger partial charge is 0.451 e. The summed E-state index contributed by atoms with van der Waals surface area (Å²) < 4.78 is 5.55. The van der Waals surface area contributed by atoms with Gasteiger partial charge in [0.25, 0.3) is 5.91 Å². The Morgan fingerprint density at radius 3 is 2.85 bits per heavy atom. The average Bonchev–Trinajstić information content (AvgIpc) is 2.89. The van der Waals surface area contributed by atoms with E-state index in [1.165, 1.54) is 4.90 Å². The van der Waals surface area contributed by atoms with Crippen LogP contribution in [0.3, 0.4) is 0 Å². The van der Waals surface area contributed by atoms with Gasteiger partial charge in [0, 0.05) is 24.3 Å². The zero-order valence-corrected chi connectivity index (χ0v) is 10.9. The molecule has 3 aromatic rings. The van der Waals surface area contributed by atoms with Crippen LogP contribution in [0.15, 0.2) is 53.1 Å². The number of nitrogens with zero attached hydrogens (tertiary/aromatic N) is 2. The van der Waals surface area contributed by atoms with Crippen LogP contribution in [0.25, 0.3) is 11.0 Å². The van der Waals surface area contributed by atoms with Crippen molar-refractivity contribution in [3.05, 3.63) is 54.4 Å². The first kappa shape index (κ1) is 12.2. The van der Waals surface area contributed by atoms with Crippen molar-refractivity contribution in [3.63, 3.8) is 0 Å². The molecule has 0 bridgehead atoms. The van der Waals surface area contributed by atoms with E-state index < -0.39 is 0 Å². The minimum Gasteiger partial charge on any atom is -0.451 e. The van der Waals surface area contributed by atoms with Crippen LogP contribution in [0, 0.1) is 0 Å². The lowest BCUT2D eigenvalue weighted by molar-refractivity contribution is 0.0968. The van der Waals surface area contributed by atoms with Gasteiger partial charge in [0.15, 0.2) is 5.76 Å². The zero-order chi connectivity index (χ0) is 14.1. The number of anilines is 2. The molecule has 0 aliphatic carbocycles. The second-order valence-corrected chi connectivity index (χ2v) is 4.46. The SMILES string of the molecule is CN(C(=O)c1cc2cc(N)ccc2o1)c1ccccn1. The van der Waals surface area contributed by atoms with E-state index in [4.69, 9.17) is 10.2 Å². The number of hydrogen-bond donors (Lipinski definition) is 1. The summed E-state index contributed by atoms with van der Waals surface area (Å²) in [5.74, 6) is 0.578. The van der Waals surface area contributed by atoms with Crippen LogP contribution in [0.2, 0.25) is 0 Å². The molecular formula is C15H13N3O2. The normalized spacial score (nSPS) is 10.7. The van der Waals surface area contributed by atoms with Crippen LogP contribution in [-0.2, 0) is 0 Å². The van der Waals surface area contributed by atoms with Gasteiger partial charge in [-0.3, -0.25) is 9.69 Å². The Kier molecular flexibility index (Phi) is 2.87. The molecule has 0 atom stereocenters. The molecule has 0 saturated heterocycles. The lowest BCUT2D eigenvalue weighted by atomic mass is 10.2. The fourth-order valence-electron chi connectivity index (χ4n) is 1.99. The summed E-state index contributed by atoms with van der Waals surface area (Å²) in [7, 11) is 1.66. The first-order valence-electron chi connectivity index (χ1n) is 6.13. The molecule has 100 valence electrons. The van der Waals surface area contributed by atoms with Gasteiger partial charge in [0.1, 0.15) is 11.4 Å². The fourth-order valence-corrected chi connectivity index (χ4v) is 1.99. The number of nitrogens with two attached hydrogens (primary N) is 1. The van der Waals surface area contributed by atoms with Crippen LogP contribution in [0.4, 0.5) is 11.5 Å². The summed E-state index contributed by atoms with van der Waals surface area (Å²) in [5.41, 5.74) is 6.98. The highest BCUT2D eigenvalue weighted by Gasteiger charge is 2.18. The lowest BCUT2D eigenvalue weighted by Crippen LogP contribution is -2.26. The second kappa shape index (κ2) is 4.70. The van der Waals surface area contributed by atoms with Crippen LogP contribution in [0.1, 0.15) is 10.6 Å². The molecule has 20 heavy (non-hydrogen) atoms. The highest BCUT2D eigenvalue weighted by atomic mass is 16.3. The van der Waals surface area contributed by atoms with E-state index in [2.05, 4.69) is 4.98 Å². The van der Waals surface area contributed by atoms with Crippen molar-refractivity contribution < 1.29 is 9.21 Å². The smallest absolute Gasteiger partial charge is 0.294 e. The quantitative estimate of drug-likeness (QED) is 0.724. The number of carbonyl (C=O) groups excluding carboxylic acids is 1. The first-order valence-corrected chi connectivity index (χ1v) is 6.13. The minimum absolute atomic E-state index is 0.251. The van der Waals surface area contributed by atoms with E-state index in [1.54, 1.807) is 49.6 Å². The topological polar surface area (TPSA) is 72.4 Å². The Hall–Kier alpha value is -2.82. The summed E-state index contributed by atoms with van der Waals surface area (Å²) in [6.45, 7) is 0. The molecule has 0 saturated carbocycles. The van der Waals surface area contributed by atoms with E-state index in [-0.39, 0.29) is 11.7 Å². The third-order valence-corrected chi connectivity index (χ3v) is 3.05. The van der Waals surface area contributed by atoms with Crippen LogP contribution in [0.5, 0.6) is 0 Å². The van der Waals surface area contributed by atoms with Gasteiger partial charge < -0.3 is 10.2 Å². The molecule has 2 aromatic heterocycles. The van der Waals surface area contributed by atoms with E-state index in [0.29, 0.717) is 17.1 Å². The molecular weight excluding hydrogens is 254 g/mol. The Labute approximate surface area is 115 Å². The molecule has 0 unspecified atom stereocenters. The Balaban J connectivity index is 1.96. The third kappa shape index (κ3) is 2.09. The fraction of sp³-hybridized carbons (Fsp3) is 0.0667. The molecule has 2 heterocycles. The van der Waals surface area contributed by atoms with Gasteiger partial charge in [0.2, 0.25) is 0 Å². The number of fused-ring (bicyclic) bond motifs is 1. The third-order valence-electron chi connectivity index (χ3n) is 3.05. The highest BCUT2D eigenvalue weighted by Crippen LogP contribution is 2.23. The predicted octanol–water partition coefficient (Wildman–Crippen LogP) is 2.69. The van der Waals surface area contributed by atoms with E-state index in [0.717, 1.165) is 5.39 Å². The van der Waals surface area contributed by atoms with Crippen LogP contribution >= 0.6 is 0 Å². The number of pyridine rings is 1. The van der Waals surface area contributed by atoms with Crippen molar-refractivity contribution in [2.45, 2.75) is 0 Å². The Bertz CT molecular complexity index is 765. The van der Waals surface area contributed by atoms with Gasteiger partial charge in [-0.1, -0.05) is 6.07 Å². The first-order chi connectivity index (χ1) is 9.65. The molecule has 3 rings (SSSR count). The minimum atomic E-state index is -0.251. The number of amides is 1. The monoisotopic (exact) mass is 267 g/mol. The number of benzene rings is 1. The summed E-state index contributed by atoms with van der Waals surface area (Å²) in [4.78, 5) is 17.9. The number of aromatic nitrogens is 1. The zero-order valence-electron chi connectivity index (χ0n) is 10.9. The number of carbonyl (C=O) groups is 1. The maximum atomic E-state index is 12.4. The molecule has 1 amide bonds. The van der Waals surface area contributed by atoms with Gasteiger partial charge in [-0.25, -0.2) is 4.98 Å². The molecule has 0 radical (unpaired) electrons. The molecule has 0 fully saturated rings. The summed E-state index contributed by atoms with van der Waals surface area (Å²) >= 11 is 0. The molecule has 5 nitrogen and oxygen atoms in total. The van der Waals surface area contributed by atoms with Gasteiger partial charge in [0.05, 0.1) is 0 Å². The Morgan fingerprint density at radius 1 is 1.25 bits per heavy atom. The average molecular weight is 267 g/mol. The van der Waals surface area contributed by atoms with E-state index >= 15 is 0 Å². The van der Waals surface area contributed by atoms with E-state index in [9.17, 15) is 4.79 Å². The van der Waals surface area contributed by atoms with Gasteiger partial charge >= 0.3 is 0 Å². The second-order valence-electron chi connectivity index (χ2n) is 4.46. The van der Waals surface area contributed by atoms with Gasteiger partial charge in [-0.2, -0.15) is 0 Å². The number of rotatable bonds is 2.